The number of aliphatic hydroxyl groups excluding tert-OH is 2. The van der Waals surface area contributed by atoms with Crippen molar-refractivity contribution in [3.8, 4) is 12.3 Å². The minimum atomic E-state index is -0.754. The van der Waals surface area contributed by atoms with E-state index < -0.39 is 12.2 Å². The first-order valence-corrected chi connectivity index (χ1v) is 5.99. The number of hydrogen-bond donors (Lipinski definition) is 2. The predicted molar refractivity (Wildman–Crippen MR) is 72.4 cm³/mol. The third-order valence-electron chi connectivity index (χ3n) is 2.25. The SMILES string of the molecule is C#C/C=C\C[C@H](O)[C@@H](O)C/C=C\C/C=C/CC. The first kappa shape index (κ1) is 15.7. The zero-order valence-electron chi connectivity index (χ0n) is 10.4. The van der Waals surface area contributed by atoms with E-state index >= 15 is 0 Å². The lowest BCUT2D eigenvalue weighted by molar-refractivity contribution is 0.0238. The van der Waals surface area contributed by atoms with Gasteiger partial charge in [0.05, 0.1) is 12.2 Å². The van der Waals surface area contributed by atoms with Gasteiger partial charge < -0.3 is 10.2 Å². The average Bonchev–Trinajstić information content (AvgIpc) is 2.33. The third kappa shape index (κ3) is 9.62. The molecule has 0 fully saturated rings. The Morgan fingerprint density at radius 2 is 1.59 bits per heavy atom. The van der Waals surface area contributed by atoms with Crippen molar-refractivity contribution in [3.05, 3.63) is 36.5 Å². The summed E-state index contributed by atoms with van der Waals surface area (Å²) in [7, 11) is 0. The first-order valence-electron chi connectivity index (χ1n) is 5.99. The monoisotopic (exact) mass is 234 g/mol. The lowest BCUT2D eigenvalue weighted by Gasteiger charge is -2.13. The molecule has 0 unspecified atom stereocenters. The molecular formula is C15H22O2. The van der Waals surface area contributed by atoms with E-state index in [1.54, 1.807) is 6.08 Å². The molecule has 0 saturated carbocycles. The Hall–Kier alpha value is -1.30. The molecular weight excluding hydrogens is 212 g/mol. The Balaban J connectivity index is 3.77. The van der Waals surface area contributed by atoms with Gasteiger partial charge in [-0.05, 0) is 31.8 Å². The molecule has 0 heterocycles. The van der Waals surface area contributed by atoms with Crippen LogP contribution < -0.4 is 0 Å². The van der Waals surface area contributed by atoms with Crippen molar-refractivity contribution < 1.29 is 10.2 Å². The quantitative estimate of drug-likeness (QED) is 0.500. The lowest BCUT2D eigenvalue weighted by Crippen LogP contribution is -2.24. The Morgan fingerprint density at radius 1 is 1.00 bits per heavy atom. The number of hydrogen-bond acceptors (Lipinski definition) is 2. The molecule has 0 aliphatic carbocycles. The van der Waals surface area contributed by atoms with Crippen LogP contribution in [0.2, 0.25) is 0 Å². The molecule has 0 rings (SSSR count). The summed E-state index contributed by atoms with van der Waals surface area (Å²) in [6.45, 7) is 2.09. The molecule has 0 aliphatic heterocycles. The maximum atomic E-state index is 9.61. The number of terminal acetylenes is 1. The molecule has 0 aromatic heterocycles. The van der Waals surface area contributed by atoms with Crippen molar-refractivity contribution in [1.29, 1.82) is 0 Å². The first-order chi connectivity index (χ1) is 8.22. The van der Waals surface area contributed by atoms with Gasteiger partial charge in [0.1, 0.15) is 0 Å². The Kier molecular flexibility index (Phi) is 10.3. The largest absolute Gasteiger partial charge is 0.390 e. The molecule has 0 aliphatic rings. The summed E-state index contributed by atoms with van der Waals surface area (Å²) in [4.78, 5) is 0. The summed E-state index contributed by atoms with van der Waals surface area (Å²) >= 11 is 0. The summed E-state index contributed by atoms with van der Waals surface area (Å²) in [5, 5.41) is 19.2. The van der Waals surface area contributed by atoms with Crippen LogP contribution in [0.5, 0.6) is 0 Å². The fraction of sp³-hybridized carbons (Fsp3) is 0.467. The van der Waals surface area contributed by atoms with Crippen LogP contribution >= 0.6 is 0 Å². The van der Waals surface area contributed by atoms with Crippen molar-refractivity contribution in [2.24, 2.45) is 0 Å². The van der Waals surface area contributed by atoms with Gasteiger partial charge in [0.25, 0.3) is 0 Å². The summed E-state index contributed by atoms with van der Waals surface area (Å²) in [6.07, 6.45) is 17.6. The van der Waals surface area contributed by atoms with Gasteiger partial charge in [-0.1, -0.05) is 43.2 Å². The van der Waals surface area contributed by atoms with Crippen LogP contribution in [0.15, 0.2) is 36.5 Å². The zero-order valence-corrected chi connectivity index (χ0v) is 10.4. The van der Waals surface area contributed by atoms with Crippen LogP contribution in [0.25, 0.3) is 0 Å². The average molecular weight is 234 g/mol. The van der Waals surface area contributed by atoms with Gasteiger partial charge in [-0.25, -0.2) is 0 Å². The molecule has 0 bridgehead atoms. The van der Waals surface area contributed by atoms with Crippen molar-refractivity contribution >= 4 is 0 Å². The molecule has 2 N–H and O–H groups in total. The molecule has 0 aromatic rings. The second kappa shape index (κ2) is 11.2. The van der Waals surface area contributed by atoms with Crippen LogP contribution in [0.1, 0.15) is 32.6 Å². The van der Waals surface area contributed by atoms with E-state index in [1.807, 2.05) is 12.2 Å². The second-order valence-electron chi connectivity index (χ2n) is 3.76. The Bertz CT molecular complexity index is 295. The van der Waals surface area contributed by atoms with E-state index in [0.717, 1.165) is 12.8 Å². The van der Waals surface area contributed by atoms with Crippen molar-refractivity contribution in [1.82, 2.24) is 0 Å². The molecule has 0 amide bonds. The smallest absolute Gasteiger partial charge is 0.0836 e. The zero-order chi connectivity index (χ0) is 12.9. The highest BCUT2D eigenvalue weighted by molar-refractivity contribution is 5.09. The molecule has 2 atom stereocenters. The molecule has 0 aromatic carbocycles. The van der Waals surface area contributed by atoms with E-state index in [2.05, 4.69) is 25.0 Å². The fourth-order valence-electron chi connectivity index (χ4n) is 1.26. The molecule has 2 heteroatoms. The minimum absolute atomic E-state index is 0.384. The van der Waals surface area contributed by atoms with Gasteiger partial charge in [0, 0.05) is 0 Å². The van der Waals surface area contributed by atoms with Crippen LogP contribution in [-0.2, 0) is 0 Å². The molecule has 0 spiro atoms. The predicted octanol–water partition coefficient (Wildman–Crippen LogP) is 2.59. The Morgan fingerprint density at radius 3 is 2.18 bits per heavy atom. The van der Waals surface area contributed by atoms with Gasteiger partial charge >= 0.3 is 0 Å². The van der Waals surface area contributed by atoms with Gasteiger partial charge in [-0.2, -0.15) is 0 Å². The molecule has 0 radical (unpaired) electrons. The van der Waals surface area contributed by atoms with Crippen LogP contribution in [0.4, 0.5) is 0 Å². The van der Waals surface area contributed by atoms with Crippen LogP contribution in [-0.4, -0.2) is 22.4 Å². The number of rotatable bonds is 8. The van der Waals surface area contributed by atoms with E-state index in [0.29, 0.717) is 12.8 Å². The van der Waals surface area contributed by atoms with Gasteiger partial charge in [0.15, 0.2) is 0 Å². The summed E-state index contributed by atoms with van der Waals surface area (Å²) < 4.78 is 0. The van der Waals surface area contributed by atoms with Crippen molar-refractivity contribution in [2.75, 3.05) is 0 Å². The van der Waals surface area contributed by atoms with Crippen molar-refractivity contribution in [2.45, 2.75) is 44.8 Å². The number of aliphatic hydroxyl groups is 2. The summed E-state index contributed by atoms with van der Waals surface area (Å²) in [5.41, 5.74) is 0. The highest BCUT2D eigenvalue weighted by Crippen LogP contribution is 2.05. The van der Waals surface area contributed by atoms with E-state index in [9.17, 15) is 10.2 Å². The van der Waals surface area contributed by atoms with Crippen LogP contribution in [0.3, 0.4) is 0 Å². The van der Waals surface area contributed by atoms with Crippen molar-refractivity contribution in [3.63, 3.8) is 0 Å². The van der Waals surface area contributed by atoms with Gasteiger partial charge in [0.2, 0.25) is 0 Å². The molecule has 94 valence electrons. The Labute approximate surface area is 104 Å². The van der Waals surface area contributed by atoms with E-state index in [-0.39, 0.29) is 0 Å². The van der Waals surface area contributed by atoms with Gasteiger partial charge in [-0.15, -0.1) is 6.42 Å². The summed E-state index contributed by atoms with van der Waals surface area (Å²) in [6, 6.07) is 0. The highest BCUT2D eigenvalue weighted by atomic mass is 16.3. The van der Waals surface area contributed by atoms with E-state index in [4.69, 9.17) is 6.42 Å². The van der Waals surface area contributed by atoms with E-state index in [1.165, 1.54) is 6.08 Å². The normalized spacial score (nSPS) is 15.6. The standard InChI is InChI=1S/C15H22O2/c1-3-5-7-8-9-11-13-15(17)14(16)12-10-6-4-2/h2,5-7,9-11,14-17H,3,8,12-13H2,1H3/b7-5+,10-6-,11-9-/t14-,15-/m0/s1. The number of allylic oxidation sites excluding steroid dienone is 4. The van der Waals surface area contributed by atoms with Crippen LogP contribution in [0, 0.1) is 12.3 Å². The second-order valence-corrected chi connectivity index (χ2v) is 3.76. The maximum Gasteiger partial charge on any atom is 0.0836 e. The molecule has 17 heavy (non-hydrogen) atoms. The highest BCUT2D eigenvalue weighted by Gasteiger charge is 2.12. The lowest BCUT2D eigenvalue weighted by atomic mass is 10.1. The molecule has 0 saturated heterocycles. The fourth-order valence-corrected chi connectivity index (χ4v) is 1.26. The summed E-state index contributed by atoms with van der Waals surface area (Å²) in [5.74, 6) is 2.34. The van der Waals surface area contributed by atoms with Gasteiger partial charge in [-0.3, -0.25) is 0 Å². The maximum absolute atomic E-state index is 9.61. The third-order valence-corrected chi connectivity index (χ3v) is 2.25. The minimum Gasteiger partial charge on any atom is -0.390 e. The molecule has 2 nitrogen and oxygen atoms in total. The topological polar surface area (TPSA) is 40.5 Å².